The molecule has 17 heteroatoms. The number of nitrogens with zero attached hydrogens (tertiary/aromatic N) is 1. The Hall–Kier alpha value is -2.48. The van der Waals surface area contributed by atoms with Crippen molar-refractivity contribution < 1.29 is 54.9 Å². The summed E-state index contributed by atoms with van der Waals surface area (Å²) in [6, 6.07) is -6.13. The third-order valence-electron chi connectivity index (χ3n) is 5.73. The number of aliphatic hydroxyl groups excluding tert-OH is 7. The van der Waals surface area contributed by atoms with E-state index in [0.29, 0.717) is 0 Å². The van der Waals surface area contributed by atoms with Crippen molar-refractivity contribution in [1.82, 2.24) is 20.9 Å². The third kappa shape index (κ3) is 6.21. The number of carbonyl (C=O) groups is 2. The Bertz CT molecular complexity index is 773. The van der Waals surface area contributed by atoms with Crippen LogP contribution in [0.25, 0.3) is 0 Å². The van der Waals surface area contributed by atoms with Gasteiger partial charge in [-0.2, -0.15) is 0 Å². The van der Waals surface area contributed by atoms with Crippen LogP contribution in [-0.2, 0) is 19.1 Å². The van der Waals surface area contributed by atoms with Gasteiger partial charge in [0.05, 0.1) is 25.9 Å². The smallest absolute Gasteiger partial charge is 0.246 e. The fourth-order valence-electron chi connectivity index (χ4n) is 3.72. The normalized spacial score (nSPS) is 32.2. The van der Waals surface area contributed by atoms with E-state index < -0.39 is 98.5 Å². The van der Waals surface area contributed by atoms with Gasteiger partial charge >= 0.3 is 0 Å². The molecule has 13 N–H and O–H groups in total. The van der Waals surface area contributed by atoms with Crippen LogP contribution in [0.5, 0.6) is 0 Å². The molecule has 0 aliphatic carbocycles. The van der Waals surface area contributed by atoms with Gasteiger partial charge in [-0.15, -0.1) is 0 Å². The Kier molecular flexibility index (Phi) is 10.2. The lowest BCUT2D eigenvalue weighted by atomic mass is 9.95. The molecule has 3 unspecified atom stereocenters. The van der Waals surface area contributed by atoms with E-state index in [2.05, 4.69) is 16.0 Å². The molecule has 2 aliphatic rings. The van der Waals surface area contributed by atoms with Crippen LogP contribution in [0.4, 0.5) is 0 Å². The lowest BCUT2D eigenvalue weighted by molar-refractivity contribution is -0.260. The Labute approximate surface area is 199 Å². The van der Waals surface area contributed by atoms with Crippen LogP contribution in [0, 0.1) is 5.41 Å². The predicted molar refractivity (Wildman–Crippen MR) is 113 cm³/mol. The average Bonchev–Trinajstić information content (AvgIpc) is 3.24. The van der Waals surface area contributed by atoms with Gasteiger partial charge in [-0.3, -0.25) is 19.8 Å². The number of rotatable bonds is 11. The van der Waals surface area contributed by atoms with E-state index in [1.165, 1.54) is 6.29 Å². The summed E-state index contributed by atoms with van der Waals surface area (Å²) < 4.78 is 5.44. The number of guanidine groups is 1. The van der Waals surface area contributed by atoms with Gasteiger partial charge in [0.1, 0.15) is 48.6 Å². The minimum Gasteiger partial charge on any atom is -0.394 e. The number of nitrogens with one attached hydrogen (secondary N) is 4. The summed E-state index contributed by atoms with van der Waals surface area (Å²) in [6.45, 7) is -2.63. The van der Waals surface area contributed by atoms with E-state index in [1.807, 2.05) is 0 Å². The van der Waals surface area contributed by atoms with Gasteiger partial charge in [-0.25, -0.2) is 0 Å². The zero-order valence-electron chi connectivity index (χ0n) is 18.4. The summed E-state index contributed by atoms with van der Waals surface area (Å²) in [6.07, 6.45) is -8.77. The van der Waals surface area contributed by atoms with Crippen molar-refractivity contribution in [3.63, 3.8) is 0 Å². The minimum absolute atomic E-state index is 0.232. The van der Waals surface area contributed by atoms with Crippen LogP contribution in [0.2, 0.25) is 0 Å². The lowest BCUT2D eigenvalue weighted by Gasteiger charge is -2.46. The highest BCUT2D eigenvalue weighted by Crippen LogP contribution is 2.28. The summed E-state index contributed by atoms with van der Waals surface area (Å²) in [5.41, 5.74) is 5.45. The molecule has 17 nitrogen and oxygen atoms in total. The first-order valence-corrected chi connectivity index (χ1v) is 10.6. The van der Waals surface area contributed by atoms with Gasteiger partial charge in [-0.05, 0) is 0 Å². The summed E-state index contributed by atoms with van der Waals surface area (Å²) >= 11 is 0. The van der Waals surface area contributed by atoms with Crippen molar-refractivity contribution >= 4 is 24.1 Å². The molecule has 2 amide bonds. The van der Waals surface area contributed by atoms with Gasteiger partial charge in [0.25, 0.3) is 0 Å². The number of nitrogens with two attached hydrogens (primary N) is 1. The average molecular weight is 507 g/mol. The number of aliphatic hydroxyl groups is 7. The fraction of sp³-hybridized carbons (Fsp3) is 0.778. The van der Waals surface area contributed by atoms with E-state index in [9.17, 15) is 39.9 Å². The molecule has 2 aliphatic heterocycles. The Morgan fingerprint density at radius 1 is 1.14 bits per heavy atom. The van der Waals surface area contributed by atoms with Crippen molar-refractivity contribution in [2.75, 3.05) is 26.4 Å². The van der Waals surface area contributed by atoms with Crippen LogP contribution < -0.4 is 21.7 Å². The van der Waals surface area contributed by atoms with Crippen LogP contribution in [0.3, 0.4) is 0 Å². The highest BCUT2D eigenvalue weighted by Gasteiger charge is 2.52. The standard InChI is InChI=1S/C18H31N6O11/c19-7(4-27)15(33)23-10(16(34)22-6(2-25)3-26)11(29)8-1-21-18(20)24(8)17-14(32)13(31)12(30)9(5-28)35-17/h6-14,17,25,27-32H,1-2,4-5,19H2,(H2,20,21)(H,22,34)(H,23,33)/t6-,7-,8?,9+,10+,11?,12+,13-,14-,17?/m0/s1. The summed E-state index contributed by atoms with van der Waals surface area (Å²) in [5.74, 6) is -2.63. The van der Waals surface area contributed by atoms with Crippen LogP contribution in [0.15, 0.2) is 0 Å². The predicted octanol–water partition coefficient (Wildman–Crippen LogP) is -8.25. The van der Waals surface area contributed by atoms with E-state index in [1.54, 1.807) is 0 Å². The molecular formula is C18H31N6O11. The molecule has 2 heterocycles. The molecule has 0 bridgehead atoms. The summed E-state index contributed by atoms with van der Waals surface area (Å²) in [7, 11) is 0. The molecule has 0 saturated carbocycles. The van der Waals surface area contributed by atoms with Gasteiger partial charge in [-0.1, -0.05) is 0 Å². The first-order chi connectivity index (χ1) is 16.5. The van der Waals surface area contributed by atoms with E-state index in [4.69, 9.17) is 26.1 Å². The highest BCUT2D eigenvalue weighted by atomic mass is 16.6. The Balaban J connectivity index is 2.36. The van der Waals surface area contributed by atoms with Crippen molar-refractivity contribution in [3.05, 3.63) is 0 Å². The highest BCUT2D eigenvalue weighted by molar-refractivity contribution is 5.91. The van der Waals surface area contributed by atoms with Crippen molar-refractivity contribution in [1.29, 1.82) is 5.41 Å². The van der Waals surface area contributed by atoms with E-state index in [0.717, 1.165) is 4.90 Å². The largest absolute Gasteiger partial charge is 0.394 e. The molecule has 10 atom stereocenters. The number of hydrogen-bond donors (Lipinski definition) is 12. The molecule has 0 spiro atoms. The molecule has 0 aromatic carbocycles. The summed E-state index contributed by atoms with van der Waals surface area (Å²) in [4.78, 5) is 36.9. The Morgan fingerprint density at radius 3 is 2.34 bits per heavy atom. The van der Waals surface area contributed by atoms with Gasteiger partial charge < -0.3 is 67.1 Å². The molecule has 2 rings (SSSR count). The molecule has 2 fully saturated rings. The topological polar surface area (TPSA) is 291 Å². The maximum atomic E-state index is 12.8. The van der Waals surface area contributed by atoms with Crippen LogP contribution in [-0.4, -0.2) is 152 Å². The minimum atomic E-state index is -1.89. The molecule has 1 radical (unpaired) electrons. The fourth-order valence-corrected chi connectivity index (χ4v) is 3.72. The maximum absolute atomic E-state index is 12.8. The second kappa shape index (κ2) is 12.5. The quantitative estimate of drug-likeness (QED) is 0.124. The Morgan fingerprint density at radius 2 is 1.80 bits per heavy atom. The molecule has 199 valence electrons. The van der Waals surface area contributed by atoms with Gasteiger partial charge in [0.15, 0.2) is 12.2 Å². The SMILES string of the molecule is N=C1NCC(C(O)[C@@H](NC(=O)[C@@H](N)CO)C(=O)N[C@H]([C]=O)CO)N1C1O[C@H](CO)[C@@H](O)[C@H](O)[C@@H]1O. The number of amides is 2. The summed E-state index contributed by atoms with van der Waals surface area (Å²) in [5, 5.41) is 84.2. The van der Waals surface area contributed by atoms with E-state index >= 15 is 0 Å². The van der Waals surface area contributed by atoms with Gasteiger partial charge in [0.2, 0.25) is 18.1 Å². The number of hydrogen-bond acceptors (Lipinski definition) is 13. The lowest BCUT2D eigenvalue weighted by Crippen LogP contribution is -2.68. The van der Waals surface area contributed by atoms with E-state index in [-0.39, 0.29) is 6.54 Å². The van der Waals surface area contributed by atoms with Crippen molar-refractivity contribution in [2.24, 2.45) is 5.73 Å². The number of carbonyl (C=O) groups excluding carboxylic acids is 3. The number of ether oxygens (including phenoxy) is 1. The first-order valence-electron chi connectivity index (χ1n) is 10.6. The monoisotopic (exact) mass is 507 g/mol. The zero-order chi connectivity index (χ0) is 26.4. The maximum Gasteiger partial charge on any atom is 0.246 e. The molecule has 2 saturated heterocycles. The van der Waals surface area contributed by atoms with Crippen molar-refractivity contribution in [3.8, 4) is 0 Å². The zero-order valence-corrected chi connectivity index (χ0v) is 18.4. The molecule has 0 aromatic heterocycles. The second-order valence-corrected chi connectivity index (χ2v) is 8.05. The molecule has 0 aromatic rings. The molecular weight excluding hydrogens is 476 g/mol. The second-order valence-electron chi connectivity index (χ2n) is 8.05. The van der Waals surface area contributed by atoms with Crippen LogP contribution >= 0.6 is 0 Å². The first kappa shape index (κ1) is 28.8. The molecule has 35 heavy (non-hydrogen) atoms. The van der Waals surface area contributed by atoms with Gasteiger partial charge in [0, 0.05) is 6.54 Å². The third-order valence-corrected chi connectivity index (χ3v) is 5.73. The van der Waals surface area contributed by atoms with Crippen molar-refractivity contribution in [2.45, 2.75) is 60.9 Å². The van der Waals surface area contributed by atoms with Crippen LogP contribution in [0.1, 0.15) is 0 Å².